The highest BCUT2D eigenvalue weighted by molar-refractivity contribution is 4.87. The molecule has 0 bridgehead atoms. The third-order valence-electron chi connectivity index (χ3n) is 2.21. The number of rotatable bonds is 3. The molecule has 1 aromatic heterocycles. The lowest BCUT2D eigenvalue weighted by Gasteiger charge is -2.39. The van der Waals surface area contributed by atoms with Gasteiger partial charge < -0.3 is 9.84 Å². The quantitative estimate of drug-likeness (QED) is 0.685. The van der Waals surface area contributed by atoms with Gasteiger partial charge in [-0.15, -0.1) is 0 Å². The largest absolute Gasteiger partial charge is 0.396 e. The van der Waals surface area contributed by atoms with Crippen LogP contribution < -0.4 is 0 Å². The van der Waals surface area contributed by atoms with Gasteiger partial charge in [0.25, 0.3) is 0 Å². The topological polar surface area (TPSA) is 47.3 Å². The summed E-state index contributed by atoms with van der Waals surface area (Å²) in [5.74, 6) is 0. The van der Waals surface area contributed by atoms with Crippen LogP contribution in [0.2, 0.25) is 0 Å². The summed E-state index contributed by atoms with van der Waals surface area (Å²) in [6.45, 7) is 2.20. The molecule has 0 atom stereocenters. The van der Waals surface area contributed by atoms with Gasteiger partial charge >= 0.3 is 0 Å². The summed E-state index contributed by atoms with van der Waals surface area (Å²) in [4.78, 5) is 0. The van der Waals surface area contributed by atoms with Crippen molar-refractivity contribution in [2.24, 2.45) is 5.41 Å². The maximum atomic E-state index is 9.11. The second-order valence-electron chi connectivity index (χ2n) is 3.35. The number of aromatic nitrogens is 2. The summed E-state index contributed by atoms with van der Waals surface area (Å²) in [5, 5.41) is 13.2. The van der Waals surface area contributed by atoms with Gasteiger partial charge in [0, 0.05) is 12.4 Å². The van der Waals surface area contributed by atoms with Gasteiger partial charge in [-0.25, -0.2) is 0 Å². The molecule has 0 saturated carbocycles. The molecule has 12 heavy (non-hydrogen) atoms. The third kappa shape index (κ3) is 1.23. The highest BCUT2D eigenvalue weighted by Crippen LogP contribution is 2.28. The van der Waals surface area contributed by atoms with E-state index in [-0.39, 0.29) is 12.0 Å². The van der Waals surface area contributed by atoms with Gasteiger partial charge in [0.05, 0.1) is 31.8 Å². The second-order valence-corrected chi connectivity index (χ2v) is 3.35. The van der Waals surface area contributed by atoms with Crippen molar-refractivity contribution >= 4 is 0 Å². The lowest BCUT2D eigenvalue weighted by molar-refractivity contribution is -0.146. The van der Waals surface area contributed by atoms with Crippen molar-refractivity contribution in [1.29, 1.82) is 0 Å². The first-order chi connectivity index (χ1) is 5.85. The fourth-order valence-corrected chi connectivity index (χ4v) is 1.36. The van der Waals surface area contributed by atoms with E-state index in [0.29, 0.717) is 13.2 Å². The summed E-state index contributed by atoms with van der Waals surface area (Å²) in [6, 6.07) is 1.88. The number of hydrogen-bond acceptors (Lipinski definition) is 3. The van der Waals surface area contributed by atoms with E-state index in [1.807, 2.05) is 16.9 Å². The molecule has 1 aliphatic rings. The van der Waals surface area contributed by atoms with E-state index in [4.69, 9.17) is 9.84 Å². The van der Waals surface area contributed by atoms with Crippen LogP contribution in [0.25, 0.3) is 0 Å². The first-order valence-corrected chi connectivity index (χ1v) is 4.01. The highest BCUT2D eigenvalue weighted by atomic mass is 16.5. The maximum absolute atomic E-state index is 9.11. The summed E-state index contributed by atoms with van der Waals surface area (Å²) >= 11 is 0. The smallest absolute Gasteiger partial charge is 0.0597 e. The molecule has 0 amide bonds. The van der Waals surface area contributed by atoms with Crippen molar-refractivity contribution in [2.45, 2.75) is 6.54 Å². The van der Waals surface area contributed by atoms with Crippen LogP contribution >= 0.6 is 0 Å². The number of ether oxygens (including phenoxy) is 1. The summed E-state index contributed by atoms with van der Waals surface area (Å²) in [7, 11) is 0. The van der Waals surface area contributed by atoms with Crippen LogP contribution in [-0.4, -0.2) is 34.7 Å². The van der Waals surface area contributed by atoms with E-state index >= 15 is 0 Å². The van der Waals surface area contributed by atoms with Gasteiger partial charge in [0.1, 0.15) is 0 Å². The minimum absolute atomic E-state index is 0.0774. The standard InChI is InChI=1S/C8H12N2O2/c11-5-8(6-12-7-8)4-10-3-1-2-9-10/h1-3,11H,4-7H2. The molecule has 1 fully saturated rings. The SMILES string of the molecule is OCC1(Cn2cccn2)COC1. The van der Waals surface area contributed by atoms with Crippen LogP contribution in [0, 0.1) is 5.41 Å². The molecule has 2 rings (SSSR count). The lowest BCUT2D eigenvalue weighted by Crippen LogP contribution is -2.48. The Labute approximate surface area is 70.8 Å². The van der Waals surface area contributed by atoms with Gasteiger partial charge in [-0.05, 0) is 6.07 Å². The van der Waals surface area contributed by atoms with Crippen molar-refractivity contribution in [3.63, 3.8) is 0 Å². The molecule has 1 N–H and O–H groups in total. The van der Waals surface area contributed by atoms with E-state index in [0.717, 1.165) is 6.54 Å². The Kier molecular flexibility index (Phi) is 1.86. The first kappa shape index (κ1) is 7.76. The summed E-state index contributed by atoms with van der Waals surface area (Å²) in [6.07, 6.45) is 3.64. The Balaban J connectivity index is 2.01. The van der Waals surface area contributed by atoms with E-state index < -0.39 is 0 Å². The predicted molar refractivity (Wildman–Crippen MR) is 42.6 cm³/mol. The lowest BCUT2D eigenvalue weighted by atomic mass is 9.87. The van der Waals surface area contributed by atoms with E-state index in [2.05, 4.69) is 5.10 Å². The molecule has 66 valence electrons. The molecule has 2 heterocycles. The minimum Gasteiger partial charge on any atom is -0.396 e. The summed E-state index contributed by atoms with van der Waals surface area (Å²) < 4.78 is 6.91. The van der Waals surface area contributed by atoms with Gasteiger partial charge in [-0.1, -0.05) is 0 Å². The fourth-order valence-electron chi connectivity index (χ4n) is 1.36. The van der Waals surface area contributed by atoms with Crippen LogP contribution in [0.4, 0.5) is 0 Å². The number of aliphatic hydroxyl groups excluding tert-OH is 1. The van der Waals surface area contributed by atoms with Crippen molar-refractivity contribution in [3.05, 3.63) is 18.5 Å². The molecule has 4 heteroatoms. The van der Waals surface area contributed by atoms with Gasteiger partial charge in [-0.3, -0.25) is 4.68 Å². The van der Waals surface area contributed by atoms with Crippen molar-refractivity contribution < 1.29 is 9.84 Å². The Bertz CT molecular complexity index is 236. The number of nitrogens with zero attached hydrogens (tertiary/aromatic N) is 2. The minimum atomic E-state index is -0.0774. The zero-order chi connectivity index (χ0) is 8.44. The zero-order valence-electron chi connectivity index (χ0n) is 6.81. The van der Waals surface area contributed by atoms with Gasteiger partial charge in [0.2, 0.25) is 0 Å². The monoisotopic (exact) mass is 168 g/mol. The molecular weight excluding hydrogens is 156 g/mol. The zero-order valence-corrected chi connectivity index (χ0v) is 6.81. The summed E-state index contributed by atoms with van der Waals surface area (Å²) in [5.41, 5.74) is -0.0774. The van der Waals surface area contributed by atoms with Crippen LogP contribution in [0.1, 0.15) is 0 Å². The first-order valence-electron chi connectivity index (χ1n) is 4.01. The van der Waals surface area contributed by atoms with Gasteiger partial charge in [-0.2, -0.15) is 5.10 Å². The molecule has 0 aromatic carbocycles. The third-order valence-corrected chi connectivity index (χ3v) is 2.21. The number of hydrogen-bond donors (Lipinski definition) is 1. The average molecular weight is 168 g/mol. The highest BCUT2D eigenvalue weighted by Gasteiger charge is 2.38. The Morgan fingerprint density at radius 3 is 2.83 bits per heavy atom. The fraction of sp³-hybridized carbons (Fsp3) is 0.625. The van der Waals surface area contributed by atoms with Crippen molar-refractivity contribution in [1.82, 2.24) is 9.78 Å². The van der Waals surface area contributed by atoms with E-state index in [1.165, 1.54) is 0 Å². The molecule has 1 saturated heterocycles. The van der Waals surface area contributed by atoms with Crippen molar-refractivity contribution in [3.8, 4) is 0 Å². The molecule has 4 nitrogen and oxygen atoms in total. The predicted octanol–water partition coefficient (Wildman–Crippen LogP) is -0.108. The van der Waals surface area contributed by atoms with Crippen LogP contribution in [0.3, 0.4) is 0 Å². The van der Waals surface area contributed by atoms with Crippen LogP contribution in [-0.2, 0) is 11.3 Å². The Hall–Kier alpha value is -0.870. The van der Waals surface area contributed by atoms with Crippen LogP contribution in [0.5, 0.6) is 0 Å². The Morgan fingerprint density at radius 2 is 2.42 bits per heavy atom. The van der Waals surface area contributed by atoms with Gasteiger partial charge in [0.15, 0.2) is 0 Å². The molecule has 0 spiro atoms. The van der Waals surface area contributed by atoms with E-state index in [9.17, 15) is 0 Å². The molecule has 1 aromatic rings. The van der Waals surface area contributed by atoms with E-state index in [1.54, 1.807) is 6.20 Å². The normalized spacial score (nSPS) is 20.4. The second kappa shape index (κ2) is 2.88. The molecule has 1 aliphatic heterocycles. The average Bonchev–Trinajstić information content (AvgIpc) is 2.49. The number of aliphatic hydroxyl groups is 1. The maximum Gasteiger partial charge on any atom is 0.0597 e. The van der Waals surface area contributed by atoms with Crippen molar-refractivity contribution in [2.75, 3.05) is 19.8 Å². The Morgan fingerprint density at radius 1 is 1.58 bits per heavy atom. The molecule has 0 unspecified atom stereocenters. The van der Waals surface area contributed by atoms with Crippen LogP contribution in [0.15, 0.2) is 18.5 Å². The molecule has 0 aliphatic carbocycles. The molecule has 0 radical (unpaired) electrons. The molecular formula is C8H12N2O2.